The Morgan fingerprint density at radius 1 is 1.08 bits per heavy atom. The average molecular weight is 180 g/mol. The highest BCUT2D eigenvalue weighted by atomic mass is 15.2. The third kappa shape index (κ3) is 1.50. The molecule has 3 rings (SSSR count). The van der Waals surface area contributed by atoms with Gasteiger partial charge in [-0.1, -0.05) is 0 Å². The molecular formula is C11H20N2. The molecule has 74 valence electrons. The molecule has 3 aliphatic rings. The molecule has 1 N–H and O–H groups in total. The van der Waals surface area contributed by atoms with E-state index in [-0.39, 0.29) is 0 Å². The molecule has 0 unspecified atom stereocenters. The van der Waals surface area contributed by atoms with E-state index in [1.165, 1.54) is 58.3 Å². The van der Waals surface area contributed by atoms with Gasteiger partial charge >= 0.3 is 0 Å². The second-order valence-electron chi connectivity index (χ2n) is 5.19. The first-order valence-electron chi connectivity index (χ1n) is 5.83. The van der Waals surface area contributed by atoms with E-state index in [1.807, 2.05) is 0 Å². The smallest absolute Gasteiger partial charge is 0.00964 e. The van der Waals surface area contributed by atoms with Crippen LogP contribution in [0.4, 0.5) is 0 Å². The summed E-state index contributed by atoms with van der Waals surface area (Å²) < 4.78 is 0. The lowest BCUT2D eigenvalue weighted by Gasteiger charge is -2.39. The normalized spacial score (nSPS) is 34.2. The Hall–Kier alpha value is -0.0800. The van der Waals surface area contributed by atoms with Gasteiger partial charge in [0.2, 0.25) is 0 Å². The molecule has 0 aromatic carbocycles. The predicted molar refractivity (Wildman–Crippen MR) is 53.7 cm³/mol. The fourth-order valence-electron chi connectivity index (χ4n) is 3.03. The van der Waals surface area contributed by atoms with E-state index in [2.05, 4.69) is 10.2 Å². The van der Waals surface area contributed by atoms with Crippen molar-refractivity contribution in [3.05, 3.63) is 0 Å². The summed E-state index contributed by atoms with van der Waals surface area (Å²) in [7, 11) is 0. The van der Waals surface area contributed by atoms with Crippen molar-refractivity contribution in [2.24, 2.45) is 5.41 Å². The number of nitrogens with zero attached hydrogens (tertiary/aromatic N) is 1. The summed E-state index contributed by atoms with van der Waals surface area (Å²) in [4.78, 5) is 2.73. The summed E-state index contributed by atoms with van der Waals surface area (Å²) in [6, 6.07) is 0.992. The predicted octanol–water partition coefficient (Wildman–Crippen LogP) is 1.22. The topological polar surface area (TPSA) is 15.3 Å². The fraction of sp³-hybridized carbons (Fsp3) is 1.00. The highest BCUT2D eigenvalue weighted by Gasteiger charge is 2.40. The molecule has 0 atom stereocenters. The summed E-state index contributed by atoms with van der Waals surface area (Å²) in [5.41, 5.74) is 0.714. The third-order valence-corrected chi connectivity index (χ3v) is 4.25. The Morgan fingerprint density at radius 3 is 2.38 bits per heavy atom. The van der Waals surface area contributed by atoms with Gasteiger partial charge in [-0.3, -0.25) is 0 Å². The highest BCUT2D eigenvalue weighted by Crippen LogP contribution is 2.40. The van der Waals surface area contributed by atoms with Crippen LogP contribution in [0.15, 0.2) is 0 Å². The first-order chi connectivity index (χ1) is 6.38. The highest BCUT2D eigenvalue weighted by molar-refractivity contribution is 4.95. The van der Waals surface area contributed by atoms with Crippen molar-refractivity contribution in [3.63, 3.8) is 0 Å². The molecule has 2 heterocycles. The van der Waals surface area contributed by atoms with Gasteiger partial charge in [0.1, 0.15) is 0 Å². The molecule has 2 heteroatoms. The van der Waals surface area contributed by atoms with E-state index in [0.29, 0.717) is 5.41 Å². The van der Waals surface area contributed by atoms with Gasteiger partial charge in [-0.05, 0) is 57.2 Å². The maximum absolute atomic E-state index is 3.52. The number of rotatable bonds is 1. The van der Waals surface area contributed by atoms with Crippen LogP contribution in [0.1, 0.15) is 32.1 Å². The second kappa shape index (κ2) is 2.96. The Balaban J connectivity index is 1.59. The maximum Gasteiger partial charge on any atom is 0.00964 e. The van der Waals surface area contributed by atoms with Crippen LogP contribution >= 0.6 is 0 Å². The van der Waals surface area contributed by atoms with E-state index in [0.717, 1.165) is 6.04 Å². The number of likely N-dealkylation sites (tertiary alicyclic amines) is 1. The Labute approximate surface area is 80.7 Å². The SMILES string of the molecule is C1CC2(CCN(C3CC3)CC2)CN1. The molecular weight excluding hydrogens is 160 g/mol. The number of hydrogen-bond donors (Lipinski definition) is 1. The molecule has 0 aromatic heterocycles. The maximum atomic E-state index is 3.52. The lowest BCUT2D eigenvalue weighted by molar-refractivity contribution is 0.113. The van der Waals surface area contributed by atoms with E-state index in [4.69, 9.17) is 0 Å². The van der Waals surface area contributed by atoms with Crippen molar-refractivity contribution < 1.29 is 0 Å². The van der Waals surface area contributed by atoms with Gasteiger partial charge in [-0.25, -0.2) is 0 Å². The molecule has 0 radical (unpaired) electrons. The van der Waals surface area contributed by atoms with Crippen LogP contribution in [-0.4, -0.2) is 37.1 Å². The minimum Gasteiger partial charge on any atom is -0.316 e. The van der Waals surface area contributed by atoms with Crippen LogP contribution in [0.2, 0.25) is 0 Å². The molecule has 2 nitrogen and oxygen atoms in total. The summed E-state index contributed by atoms with van der Waals surface area (Å²) in [6.45, 7) is 5.33. The molecule has 0 aromatic rings. The summed E-state index contributed by atoms with van der Waals surface area (Å²) in [5, 5.41) is 3.52. The Bertz CT molecular complexity index is 182. The van der Waals surface area contributed by atoms with E-state index < -0.39 is 0 Å². The van der Waals surface area contributed by atoms with Crippen LogP contribution in [0.5, 0.6) is 0 Å². The largest absolute Gasteiger partial charge is 0.316 e. The zero-order chi connectivity index (χ0) is 8.73. The summed E-state index contributed by atoms with van der Waals surface area (Å²) in [6.07, 6.45) is 7.30. The lowest BCUT2D eigenvalue weighted by atomic mass is 9.78. The first-order valence-corrected chi connectivity index (χ1v) is 5.83. The van der Waals surface area contributed by atoms with Crippen LogP contribution < -0.4 is 5.32 Å². The quantitative estimate of drug-likeness (QED) is 0.653. The van der Waals surface area contributed by atoms with Gasteiger partial charge in [0.15, 0.2) is 0 Å². The minimum absolute atomic E-state index is 0.714. The van der Waals surface area contributed by atoms with Crippen LogP contribution in [-0.2, 0) is 0 Å². The van der Waals surface area contributed by atoms with E-state index in [9.17, 15) is 0 Å². The monoisotopic (exact) mass is 180 g/mol. The molecule has 2 saturated heterocycles. The number of nitrogens with one attached hydrogen (secondary N) is 1. The van der Waals surface area contributed by atoms with Gasteiger partial charge in [-0.15, -0.1) is 0 Å². The lowest BCUT2D eigenvalue weighted by Crippen LogP contribution is -2.42. The van der Waals surface area contributed by atoms with Gasteiger partial charge in [-0.2, -0.15) is 0 Å². The zero-order valence-electron chi connectivity index (χ0n) is 8.39. The van der Waals surface area contributed by atoms with E-state index in [1.54, 1.807) is 0 Å². The molecule has 0 bridgehead atoms. The van der Waals surface area contributed by atoms with Crippen molar-refractivity contribution in [2.75, 3.05) is 26.2 Å². The van der Waals surface area contributed by atoms with Crippen molar-refractivity contribution in [1.29, 1.82) is 0 Å². The standard InChI is InChI=1S/C11H20N2/c1-2-10(1)13-7-4-11(5-8-13)3-6-12-9-11/h10,12H,1-9H2. The molecule has 0 amide bonds. The number of hydrogen-bond acceptors (Lipinski definition) is 2. The van der Waals surface area contributed by atoms with Gasteiger partial charge in [0.25, 0.3) is 0 Å². The Kier molecular flexibility index (Phi) is 1.88. The average Bonchev–Trinajstić information content (AvgIpc) is 2.91. The molecule has 1 saturated carbocycles. The molecule has 1 aliphatic carbocycles. The van der Waals surface area contributed by atoms with Crippen LogP contribution in [0.25, 0.3) is 0 Å². The van der Waals surface area contributed by atoms with Gasteiger partial charge in [0, 0.05) is 12.6 Å². The number of piperidine rings is 1. The van der Waals surface area contributed by atoms with Gasteiger partial charge in [0.05, 0.1) is 0 Å². The molecule has 1 spiro atoms. The summed E-state index contributed by atoms with van der Waals surface area (Å²) >= 11 is 0. The van der Waals surface area contributed by atoms with Crippen molar-refractivity contribution in [1.82, 2.24) is 10.2 Å². The second-order valence-corrected chi connectivity index (χ2v) is 5.19. The van der Waals surface area contributed by atoms with Crippen molar-refractivity contribution in [3.8, 4) is 0 Å². The van der Waals surface area contributed by atoms with Crippen molar-refractivity contribution >= 4 is 0 Å². The molecule has 13 heavy (non-hydrogen) atoms. The minimum atomic E-state index is 0.714. The zero-order valence-corrected chi connectivity index (χ0v) is 8.39. The third-order valence-electron chi connectivity index (χ3n) is 4.25. The molecule has 3 fully saturated rings. The van der Waals surface area contributed by atoms with Crippen LogP contribution in [0.3, 0.4) is 0 Å². The van der Waals surface area contributed by atoms with Crippen LogP contribution in [0, 0.1) is 5.41 Å². The Morgan fingerprint density at radius 2 is 1.85 bits per heavy atom. The molecule has 2 aliphatic heterocycles. The summed E-state index contributed by atoms with van der Waals surface area (Å²) in [5.74, 6) is 0. The first kappa shape index (κ1) is 8.25. The van der Waals surface area contributed by atoms with Crippen molar-refractivity contribution in [2.45, 2.75) is 38.1 Å². The van der Waals surface area contributed by atoms with Gasteiger partial charge < -0.3 is 10.2 Å². The van der Waals surface area contributed by atoms with E-state index >= 15 is 0 Å². The fourth-order valence-corrected chi connectivity index (χ4v) is 3.03.